The highest BCUT2D eigenvalue weighted by Gasteiger charge is 2.28. The molecule has 1 atom stereocenters. The second-order valence-corrected chi connectivity index (χ2v) is 6.61. The van der Waals surface area contributed by atoms with Crippen molar-refractivity contribution in [3.05, 3.63) is 51.7 Å². The van der Waals surface area contributed by atoms with Gasteiger partial charge in [-0.05, 0) is 56.5 Å². The van der Waals surface area contributed by atoms with Crippen LogP contribution in [-0.4, -0.2) is 11.2 Å². The van der Waals surface area contributed by atoms with Crippen LogP contribution in [0.15, 0.2) is 36.4 Å². The molecule has 1 aliphatic rings. The Morgan fingerprint density at radius 3 is 2.37 bits per heavy atom. The molecular formula is C16H18O2S. The van der Waals surface area contributed by atoms with Gasteiger partial charge in [0.15, 0.2) is 0 Å². The molecule has 0 bridgehead atoms. The number of hydrogen-bond donors (Lipinski definition) is 1. The number of ether oxygens (including phenoxy) is 1. The zero-order valence-corrected chi connectivity index (χ0v) is 12.0. The van der Waals surface area contributed by atoms with Gasteiger partial charge in [-0.1, -0.05) is 12.1 Å². The first-order chi connectivity index (χ1) is 9.05. The molecule has 0 radical (unpaired) electrons. The Morgan fingerprint density at radius 1 is 1.16 bits per heavy atom. The Hall–Kier alpha value is -1.32. The summed E-state index contributed by atoms with van der Waals surface area (Å²) in [4.78, 5) is 2.19. The highest BCUT2D eigenvalue weighted by atomic mass is 32.1. The second-order valence-electron chi connectivity index (χ2n) is 5.32. The fraction of sp³-hybridized carbons (Fsp3) is 0.375. The Balaban J connectivity index is 1.83. The number of rotatable bonds is 4. The monoisotopic (exact) mass is 274 g/mol. The lowest BCUT2D eigenvalue weighted by Crippen LogP contribution is -2.21. The maximum absolute atomic E-state index is 10.7. The Morgan fingerprint density at radius 2 is 1.84 bits per heavy atom. The summed E-state index contributed by atoms with van der Waals surface area (Å²) in [5.74, 6) is 0.893. The topological polar surface area (TPSA) is 29.5 Å². The lowest BCUT2D eigenvalue weighted by atomic mass is 9.94. The fourth-order valence-corrected chi connectivity index (χ4v) is 3.01. The van der Waals surface area contributed by atoms with Gasteiger partial charge in [0, 0.05) is 9.75 Å². The van der Waals surface area contributed by atoms with E-state index < -0.39 is 5.60 Å². The third-order valence-electron chi connectivity index (χ3n) is 3.46. The Labute approximate surface area is 117 Å². The summed E-state index contributed by atoms with van der Waals surface area (Å²) >= 11 is 1.63. The molecule has 3 heteroatoms. The number of hydrogen-bond acceptors (Lipinski definition) is 3. The maximum Gasteiger partial charge on any atom is 0.121 e. The molecule has 1 saturated carbocycles. The van der Waals surface area contributed by atoms with Crippen LogP contribution in [0.3, 0.4) is 0 Å². The van der Waals surface area contributed by atoms with E-state index >= 15 is 0 Å². The molecule has 1 N–H and O–H groups in total. The Bertz CT molecular complexity index is 565. The van der Waals surface area contributed by atoms with Gasteiger partial charge in [0.2, 0.25) is 0 Å². The van der Waals surface area contributed by atoms with Crippen LogP contribution in [0.4, 0.5) is 0 Å². The first-order valence-electron chi connectivity index (χ1n) is 6.62. The van der Waals surface area contributed by atoms with Crippen molar-refractivity contribution >= 4 is 11.3 Å². The van der Waals surface area contributed by atoms with E-state index in [1.807, 2.05) is 43.3 Å². The molecule has 19 heavy (non-hydrogen) atoms. The second kappa shape index (κ2) is 4.66. The van der Waals surface area contributed by atoms with Crippen molar-refractivity contribution in [2.24, 2.45) is 0 Å². The van der Waals surface area contributed by atoms with Gasteiger partial charge < -0.3 is 9.84 Å². The normalized spacial score (nSPS) is 18.1. The predicted octanol–water partition coefficient (Wildman–Crippen LogP) is 3.85. The number of aliphatic hydroxyl groups is 1. The minimum atomic E-state index is -0.933. The molecule has 100 valence electrons. The number of thiophene rings is 1. The van der Waals surface area contributed by atoms with Crippen molar-refractivity contribution in [1.82, 2.24) is 0 Å². The first kappa shape index (κ1) is 12.7. The average Bonchev–Trinajstić information content (AvgIpc) is 3.08. The lowest BCUT2D eigenvalue weighted by molar-refractivity contribution is 0.106. The molecular weight excluding hydrogens is 256 g/mol. The SMILES string of the molecule is Cc1ccc(C(C)(O)c2ccc(OC3CC3)cc2)s1. The molecule has 1 aliphatic carbocycles. The maximum atomic E-state index is 10.7. The third-order valence-corrected chi connectivity index (χ3v) is 4.68. The summed E-state index contributed by atoms with van der Waals surface area (Å²) in [5, 5.41) is 10.7. The molecule has 1 aromatic carbocycles. The molecule has 0 spiro atoms. The first-order valence-corrected chi connectivity index (χ1v) is 7.44. The molecule has 0 aliphatic heterocycles. The molecule has 1 heterocycles. The molecule has 0 saturated heterocycles. The number of aryl methyl sites for hydroxylation is 1. The highest BCUT2D eigenvalue weighted by molar-refractivity contribution is 7.12. The van der Waals surface area contributed by atoms with Gasteiger partial charge in [-0.25, -0.2) is 0 Å². The summed E-state index contributed by atoms with van der Waals surface area (Å²) < 4.78 is 5.72. The van der Waals surface area contributed by atoms with E-state index in [0.717, 1.165) is 29.0 Å². The van der Waals surface area contributed by atoms with E-state index in [2.05, 4.69) is 6.92 Å². The van der Waals surface area contributed by atoms with Gasteiger partial charge in [0.25, 0.3) is 0 Å². The van der Waals surface area contributed by atoms with Gasteiger partial charge in [-0.15, -0.1) is 11.3 Å². The quantitative estimate of drug-likeness (QED) is 0.917. The van der Waals surface area contributed by atoms with Gasteiger partial charge in [0.05, 0.1) is 6.10 Å². The van der Waals surface area contributed by atoms with Gasteiger partial charge in [-0.2, -0.15) is 0 Å². The smallest absolute Gasteiger partial charge is 0.121 e. The molecule has 2 nitrogen and oxygen atoms in total. The van der Waals surface area contributed by atoms with E-state index in [0.29, 0.717) is 6.10 Å². The summed E-state index contributed by atoms with van der Waals surface area (Å²) in [6.07, 6.45) is 2.73. The summed E-state index contributed by atoms with van der Waals surface area (Å²) in [6, 6.07) is 11.8. The van der Waals surface area contributed by atoms with E-state index in [-0.39, 0.29) is 0 Å². The van der Waals surface area contributed by atoms with Crippen LogP contribution in [-0.2, 0) is 5.60 Å². The largest absolute Gasteiger partial charge is 0.490 e. The fourth-order valence-electron chi connectivity index (χ4n) is 2.07. The standard InChI is InChI=1S/C16H18O2S/c1-11-3-10-15(19-11)16(2,17)12-4-6-13(7-5-12)18-14-8-9-14/h3-7,10,14,17H,8-9H2,1-2H3. The van der Waals surface area contributed by atoms with Crippen LogP contribution in [0.2, 0.25) is 0 Å². The summed E-state index contributed by atoms with van der Waals surface area (Å²) in [7, 11) is 0. The van der Waals surface area contributed by atoms with E-state index in [1.54, 1.807) is 11.3 Å². The lowest BCUT2D eigenvalue weighted by Gasteiger charge is -2.22. The van der Waals surface area contributed by atoms with Crippen molar-refractivity contribution in [2.45, 2.75) is 38.4 Å². The van der Waals surface area contributed by atoms with Crippen molar-refractivity contribution in [3.63, 3.8) is 0 Å². The van der Waals surface area contributed by atoms with Crippen LogP contribution in [0, 0.1) is 6.92 Å². The molecule has 1 fully saturated rings. The van der Waals surface area contributed by atoms with Gasteiger partial charge in [-0.3, -0.25) is 0 Å². The van der Waals surface area contributed by atoms with E-state index in [4.69, 9.17) is 4.74 Å². The van der Waals surface area contributed by atoms with Crippen LogP contribution in [0.5, 0.6) is 5.75 Å². The summed E-state index contributed by atoms with van der Waals surface area (Å²) in [5.41, 5.74) is -0.0330. The van der Waals surface area contributed by atoms with Crippen LogP contribution in [0.1, 0.15) is 35.1 Å². The van der Waals surface area contributed by atoms with Crippen molar-refractivity contribution < 1.29 is 9.84 Å². The number of benzene rings is 1. The molecule has 1 unspecified atom stereocenters. The Kier molecular flexibility index (Phi) is 3.11. The third kappa shape index (κ3) is 2.67. The zero-order valence-electron chi connectivity index (χ0n) is 11.2. The van der Waals surface area contributed by atoms with Gasteiger partial charge in [0.1, 0.15) is 11.4 Å². The molecule has 2 aromatic rings. The molecule has 0 amide bonds. The van der Waals surface area contributed by atoms with Crippen LogP contribution < -0.4 is 4.74 Å². The molecule has 3 rings (SSSR count). The minimum Gasteiger partial charge on any atom is -0.490 e. The average molecular weight is 274 g/mol. The zero-order chi connectivity index (χ0) is 13.5. The van der Waals surface area contributed by atoms with Crippen LogP contribution >= 0.6 is 11.3 Å². The van der Waals surface area contributed by atoms with Crippen LogP contribution in [0.25, 0.3) is 0 Å². The van der Waals surface area contributed by atoms with E-state index in [9.17, 15) is 5.11 Å². The summed E-state index contributed by atoms with van der Waals surface area (Å²) in [6.45, 7) is 3.89. The van der Waals surface area contributed by atoms with Crippen molar-refractivity contribution in [3.8, 4) is 5.75 Å². The highest BCUT2D eigenvalue weighted by Crippen LogP contribution is 2.35. The minimum absolute atomic E-state index is 0.409. The van der Waals surface area contributed by atoms with Gasteiger partial charge >= 0.3 is 0 Å². The van der Waals surface area contributed by atoms with E-state index in [1.165, 1.54) is 4.88 Å². The molecule has 1 aromatic heterocycles. The van der Waals surface area contributed by atoms with Crippen molar-refractivity contribution in [1.29, 1.82) is 0 Å². The predicted molar refractivity (Wildman–Crippen MR) is 77.8 cm³/mol. The van der Waals surface area contributed by atoms with Crippen molar-refractivity contribution in [2.75, 3.05) is 0 Å².